The Balaban J connectivity index is 2.32. The van der Waals surface area contributed by atoms with Crippen molar-refractivity contribution >= 4 is 5.91 Å². The van der Waals surface area contributed by atoms with Crippen molar-refractivity contribution < 1.29 is 28.5 Å². The molecule has 30 heavy (non-hydrogen) atoms. The largest absolute Gasteiger partial charge is 0.616 e. The second-order valence-electron chi connectivity index (χ2n) is 6.89. The van der Waals surface area contributed by atoms with Gasteiger partial charge in [-0.1, -0.05) is 13.8 Å². The van der Waals surface area contributed by atoms with E-state index < -0.39 is 11.5 Å². The summed E-state index contributed by atoms with van der Waals surface area (Å²) in [6.45, 7) is 3.83. The lowest BCUT2D eigenvalue weighted by Crippen LogP contribution is -2.44. The Morgan fingerprint density at radius 3 is 2.17 bits per heavy atom. The smallest absolute Gasteiger partial charge is 0.409 e. The van der Waals surface area contributed by atoms with Gasteiger partial charge >= 0.3 is 11.4 Å². The van der Waals surface area contributed by atoms with Crippen LogP contribution in [0.4, 0.5) is 0 Å². The van der Waals surface area contributed by atoms with Crippen LogP contribution in [0, 0.1) is 11.1 Å². The van der Waals surface area contributed by atoms with Gasteiger partial charge in [0.2, 0.25) is 11.4 Å². The molecule has 1 aromatic carbocycles. The van der Waals surface area contributed by atoms with E-state index >= 15 is 0 Å². The highest BCUT2D eigenvalue weighted by Crippen LogP contribution is 2.38. The average Bonchev–Trinajstić information content (AvgIpc) is 2.73. The van der Waals surface area contributed by atoms with Crippen molar-refractivity contribution in [3.8, 4) is 23.1 Å². The van der Waals surface area contributed by atoms with Crippen molar-refractivity contribution in [2.75, 3.05) is 28.4 Å². The Morgan fingerprint density at radius 1 is 1.10 bits per heavy atom. The van der Waals surface area contributed by atoms with Gasteiger partial charge in [-0.15, -0.1) is 4.73 Å². The molecule has 0 unspecified atom stereocenters. The topological polar surface area (TPSA) is 126 Å². The van der Waals surface area contributed by atoms with Crippen LogP contribution in [0.5, 0.6) is 23.1 Å². The molecule has 0 spiro atoms. The zero-order chi connectivity index (χ0) is 22.4. The van der Waals surface area contributed by atoms with E-state index in [-0.39, 0.29) is 36.2 Å². The first-order valence-corrected chi connectivity index (χ1v) is 9.27. The van der Waals surface area contributed by atoms with E-state index in [0.29, 0.717) is 27.5 Å². The number of ether oxygens (including phenoxy) is 4. The molecule has 1 heterocycles. The van der Waals surface area contributed by atoms with E-state index in [0.717, 1.165) is 0 Å². The molecule has 10 heteroatoms. The molecule has 0 aliphatic carbocycles. The number of nitrogens with zero attached hydrogens (tertiary/aromatic N) is 1. The van der Waals surface area contributed by atoms with Gasteiger partial charge in [-0.05, 0) is 23.6 Å². The molecule has 0 aliphatic heterocycles. The molecule has 1 aromatic heterocycles. The first kappa shape index (κ1) is 22.9. The minimum atomic E-state index is -0.668. The lowest BCUT2D eigenvalue weighted by molar-refractivity contribution is -0.622. The van der Waals surface area contributed by atoms with E-state index in [1.54, 1.807) is 12.1 Å². The maximum atomic E-state index is 12.7. The highest BCUT2D eigenvalue weighted by atomic mass is 16.5. The summed E-state index contributed by atoms with van der Waals surface area (Å²) in [4.78, 5) is 27.4. The quantitative estimate of drug-likeness (QED) is 0.460. The third kappa shape index (κ3) is 4.76. The molecule has 0 fully saturated rings. The molecular formula is C20H27N3O7. The second kappa shape index (κ2) is 9.86. The number of H-pyrrole nitrogens is 1. The first-order valence-electron chi connectivity index (χ1n) is 9.27. The predicted molar refractivity (Wildman–Crippen MR) is 108 cm³/mol. The molecular weight excluding hydrogens is 394 g/mol. The Labute approximate surface area is 174 Å². The summed E-state index contributed by atoms with van der Waals surface area (Å²) in [6, 6.07) is 3.36. The van der Waals surface area contributed by atoms with E-state index in [2.05, 4.69) is 10.3 Å². The van der Waals surface area contributed by atoms with Crippen LogP contribution in [0.25, 0.3) is 0 Å². The summed E-state index contributed by atoms with van der Waals surface area (Å²) < 4.78 is 21.3. The van der Waals surface area contributed by atoms with Crippen LogP contribution in [0.1, 0.15) is 35.6 Å². The van der Waals surface area contributed by atoms with Gasteiger partial charge < -0.3 is 34.5 Å². The summed E-state index contributed by atoms with van der Waals surface area (Å²) in [6.07, 6.45) is 0.253. The fourth-order valence-electron chi connectivity index (χ4n) is 2.96. The van der Waals surface area contributed by atoms with Gasteiger partial charge in [0, 0.05) is 13.0 Å². The monoisotopic (exact) mass is 421 g/mol. The predicted octanol–water partition coefficient (Wildman–Crippen LogP) is 1.17. The highest BCUT2D eigenvalue weighted by Gasteiger charge is 2.27. The molecule has 2 N–H and O–H groups in total. The number of aromatic amines is 1. The highest BCUT2D eigenvalue weighted by molar-refractivity contribution is 5.93. The Kier molecular flexibility index (Phi) is 7.51. The summed E-state index contributed by atoms with van der Waals surface area (Å²) in [5, 5.41) is 15.2. The zero-order valence-corrected chi connectivity index (χ0v) is 18.0. The second-order valence-corrected chi connectivity index (χ2v) is 6.89. The van der Waals surface area contributed by atoms with Crippen LogP contribution in [-0.4, -0.2) is 39.3 Å². The minimum absolute atomic E-state index is 0.0111. The van der Waals surface area contributed by atoms with Crippen LogP contribution in [0.2, 0.25) is 0 Å². The van der Waals surface area contributed by atoms with Crippen molar-refractivity contribution in [1.82, 2.24) is 10.3 Å². The maximum absolute atomic E-state index is 12.7. The third-order valence-corrected chi connectivity index (χ3v) is 4.34. The molecule has 0 saturated carbocycles. The number of benzene rings is 1. The molecule has 0 aliphatic rings. The molecule has 2 rings (SSSR count). The Morgan fingerprint density at radius 2 is 1.70 bits per heavy atom. The summed E-state index contributed by atoms with van der Waals surface area (Å²) in [5.41, 5.74) is -0.233. The van der Waals surface area contributed by atoms with Crippen LogP contribution in [-0.2, 0) is 13.0 Å². The van der Waals surface area contributed by atoms with Crippen molar-refractivity contribution in [1.29, 1.82) is 0 Å². The van der Waals surface area contributed by atoms with Crippen molar-refractivity contribution in [2.45, 2.75) is 26.8 Å². The van der Waals surface area contributed by atoms with E-state index in [1.165, 1.54) is 28.4 Å². The average molecular weight is 421 g/mol. The zero-order valence-electron chi connectivity index (χ0n) is 18.0. The van der Waals surface area contributed by atoms with Gasteiger partial charge in [0.15, 0.2) is 11.5 Å². The number of carbonyl (C=O) groups is 1. The number of aromatic nitrogens is 2. The van der Waals surface area contributed by atoms with Gasteiger partial charge in [0.05, 0.1) is 28.4 Å². The fraction of sp³-hybridized carbons (Fsp3) is 0.450. The Hall–Kier alpha value is -3.43. The van der Waals surface area contributed by atoms with Crippen LogP contribution >= 0.6 is 0 Å². The van der Waals surface area contributed by atoms with Crippen molar-refractivity contribution in [3.05, 3.63) is 44.6 Å². The number of nitrogens with one attached hydrogen (secondary N) is 2. The summed E-state index contributed by atoms with van der Waals surface area (Å²) in [5.74, 6) is 0.431. The molecule has 2 aromatic rings. The number of carbonyl (C=O) groups excluding carboxylic acids is 1. The Bertz CT molecular complexity index is 945. The van der Waals surface area contributed by atoms with Gasteiger partial charge in [0.25, 0.3) is 11.6 Å². The fourth-order valence-corrected chi connectivity index (χ4v) is 2.96. The summed E-state index contributed by atoms with van der Waals surface area (Å²) >= 11 is 0. The van der Waals surface area contributed by atoms with Crippen LogP contribution in [0.3, 0.4) is 0 Å². The van der Waals surface area contributed by atoms with Gasteiger partial charge in [-0.25, -0.2) is 0 Å². The summed E-state index contributed by atoms with van der Waals surface area (Å²) in [7, 11) is 5.73. The lowest BCUT2D eigenvalue weighted by Gasteiger charge is -2.15. The van der Waals surface area contributed by atoms with Crippen LogP contribution in [0.15, 0.2) is 16.9 Å². The molecule has 0 radical (unpaired) electrons. The normalized spacial score (nSPS) is 10.6. The standard InChI is InChI=1S/C20H27N3O7/c1-11(2)7-13-18(24)22-16(20(30-6)23(13)26)19(25)21-10-12-8-14(27-3)17(29-5)15(9-12)28-4/h8-9,11H,7,10H2,1-6H3,(H,21,25)(H,22,24). The SMILES string of the molecule is COc1cc(CNC(=O)c2[nH]c(=O)c(CC(C)C)[n+]([O-])c2OC)cc(OC)c1OC. The number of hydrogen-bond acceptors (Lipinski definition) is 7. The van der Waals surface area contributed by atoms with Crippen LogP contribution < -0.4 is 34.6 Å². The van der Waals surface area contributed by atoms with E-state index in [1.807, 2.05) is 13.8 Å². The van der Waals surface area contributed by atoms with Gasteiger partial charge in [0.1, 0.15) is 0 Å². The number of hydrogen-bond donors (Lipinski definition) is 2. The van der Waals surface area contributed by atoms with Crippen molar-refractivity contribution in [3.63, 3.8) is 0 Å². The molecule has 164 valence electrons. The van der Waals surface area contributed by atoms with Gasteiger partial charge in [-0.2, -0.15) is 0 Å². The molecule has 0 atom stereocenters. The van der Waals surface area contributed by atoms with Crippen molar-refractivity contribution in [2.24, 2.45) is 5.92 Å². The molecule has 0 bridgehead atoms. The number of rotatable bonds is 9. The maximum Gasteiger partial charge on any atom is 0.409 e. The third-order valence-electron chi connectivity index (χ3n) is 4.34. The first-order chi connectivity index (χ1) is 14.3. The molecule has 10 nitrogen and oxygen atoms in total. The van der Waals surface area contributed by atoms with Gasteiger partial charge in [-0.3, -0.25) is 9.59 Å². The number of methoxy groups -OCH3 is 4. The minimum Gasteiger partial charge on any atom is -0.616 e. The van der Waals surface area contributed by atoms with E-state index in [4.69, 9.17) is 18.9 Å². The lowest BCUT2D eigenvalue weighted by atomic mass is 10.1. The number of amides is 1. The molecule has 1 amide bonds. The van der Waals surface area contributed by atoms with E-state index in [9.17, 15) is 14.8 Å². The molecule has 0 saturated heterocycles.